The zero-order chi connectivity index (χ0) is 13.2. The number of nitrogens with two attached hydrogens (primary N) is 1. The molecule has 2 N–H and O–H groups in total. The van der Waals surface area contributed by atoms with Crippen LogP contribution >= 0.6 is 0 Å². The molecular weight excluding hydrogens is 236 g/mol. The number of anilines is 1. The molecule has 0 aromatic heterocycles. The SMILES string of the molecule is CCC(N)Cc1ccc(N2CC3CCC(C2)O3)cc1. The van der Waals surface area contributed by atoms with Crippen LogP contribution in [0.25, 0.3) is 0 Å². The minimum absolute atomic E-state index is 0.282. The first-order chi connectivity index (χ1) is 9.24. The van der Waals surface area contributed by atoms with E-state index in [1.165, 1.54) is 24.1 Å². The summed E-state index contributed by atoms with van der Waals surface area (Å²) in [5, 5.41) is 0. The van der Waals surface area contributed by atoms with Crippen LogP contribution in [-0.2, 0) is 11.2 Å². The number of benzene rings is 1. The lowest BCUT2D eigenvalue weighted by Gasteiger charge is -2.34. The Bertz CT molecular complexity index is 405. The van der Waals surface area contributed by atoms with Gasteiger partial charge in [-0.15, -0.1) is 0 Å². The lowest BCUT2D eigenvalue weighted by Crippen LogP contribution is -2.42. The molecule has 2 fully saturated rings. The summed E-state index contributed by atoms with van der Waals surface area (Å²) >= 11 is 0. The van der Waals surface area contributed by atoms with Gasteiger partial charge in [-0.1, -0.05) is 19.1 Å². The van der Waals surface area contributed by atoms with Crippen molar-refractivity contribution in [3.63, 3.8) is 0 Å². The fourth-order valence-corrected chi connectivity index (χ4v) is 3.12. The summed E-state index contributed by atoms with van der Waals surface area (Å²) in [5.74, 6) is 0. The quantitative estimate of drug-likeness (QED) is 0.903. The van der Waals surface area contributed by atoms with E-state index in [4.69, 9.17) is 10.5 Å². The van der Waals surface area contributed by atoms with Gasteiger partial charge in [0.05, 0.1) is 12.2 Å². The monoisotopic (exact) mass is 260 g/mol. The number of fused-ring (bicyclic) bond motifs is 2. The molecule has 3 heteroatoms. The predicted octanol–water partition coefficient (Wildman–Crippen LogP) is 2.33. The molecule has 19 heavy (non-hydrogen) atoms. The third kappa shape index (κ3) is 2.93. The van der Waals surface area contributed by atoms with E-state index in [0.717, 1.165) is 25.9 Å². The summed E-state index contributed by atoms with van der Waals surface area (Å²) in [7, 11) is 0. The number of hydrogen-bond donors (Lipinski definition) is 1. The molecular formula is C16H24N2O. The molecule has 2 aliphatic heterocycles. The van der Waals surface area contributed by atoms with Crippen molar-refractivity contribution in [1.82, 2.24) is 0 Å². The first kappa shape index (κ1) is 12.9. The standard InChI is InChI=1S/C16H24N2O/c1-2-13(17)9-12-3-5-14(6-4-12)18-10-15-7-8-16(11-18)19-15/h3-6,13,15-16H,2,7-11,17H2,1H3. The molecule has 0 aliphatic carbocycles. The van der Waals surface area contributed by atoms with E-state index >= 15 is 0 Å². The second-order valence-corrected chi connectivity index (χ2v) is 5.90. The molecule has 0 radical (unpaired) electrons. The Labute approximate surface area is 115 Å². The fourth-order valence-electron chi connectivity index (χ4n) is 3.12. The van der Waals surface area contributed by atoms with Gasteiger partial charge in [-0.25, -0.2) is 0 Å². The van der Waals surface area contributed by atoms with Crippen molar-refractivity contribution in [2.45, 2.75) is 50.9 Å². The van der Waals surface area contributed by atoms with Gasteiger partial charge in [-0.2, -0.15) is 0 Å². The van der Waals surface area contributed by atoms with Crippen LogP contribution in [0.4, 0.5) is 5.69 Å². The van der Waals surface area contributed by atoms with Gasteiger partial charge in [-0.05, 0) is 43.4 Å². The van der Waals surface area contributed by atoms with Crippen LogP contribution in [0.3, 0.4) is 0 Å². The van der Waals surface area contributed by atoms with E-state index in [1.54, 1.807) is 0 Å². The van der Waals surface area contributed by atoms with E-state index in [-0.39, 0.29) is 6.04 Å². The summed E-state index contributed by atoms with van der Waals surface area (Å²) in [6, 6.07) is 9.21. The molecule has 0 amide bonds. The van der Waals surface area contributed by atoms with E-state index in [9.17, 15) is 0 Å². The van der Waals surface area contributed by atoms with Gasteiger partial charge < -0.3 is 15.4 Å². The van der Waals surface area contributed by atoms with Gasteiger partial charge in [0.2, 0.25) is 0 Å². The molecule has 3 atom stereocenters. The largest absolute Gasteiger partial charge is 0.371 e. The number of nitrogens with zero attached hydrogens (tertiary/aromatic N) is 1. The molecule has 3 nitrogen and oxygen atoms in total. The van der Waals surface area contributed by atoms with Crippen molar-refractivity contribution in [2.24, 2.45) is 5.73 Å². The lowest BCUT2D eigenvalue weighted by molar-refractivity contribution is 0.0305. The fraction of sp³-hybridized carbons (Fsp3) is 0.625. The van der Waals surface area contributed by atoms with Gasteiger partial charge in [0.25, 0.3) is 0 Å². The summed E-state index contributed by atoms with van der Waals surface area (Å²) in [6.45, 7) is 4.23. The van der Waals surface area contributed by atoms with Crippen LogP contribution in [0.1, 0.15) is 31.7 Å². The highest BCUT2D eigenvalue weighted by atomic mass is 16.5. The lowest BCUT2D eigenvalue weighted by atomic mass is 10.0. The maximum Gasteiger partial charge on any atom is 0.0755 e. The van der Waals surface area contributed by atoms with E-state index in [1.807, 2.05) is 0 Å². The first-order valence-corrected chi connectivity index (χ1v) is 7.49. The van der Waals surface area contributed by atoms with Gasteiger partial charge in [-0.3, -0.25) is 0 Å². The first-order valence-electron chi connectivity index (χ1n) is 7.49. The Morgan fingerprint density at radius 2 is 1.84 bits per heavy atom. The molecule has 2 heterocycles. The highest BCUT2D eigenvalue weighted by Crippen LogP contribution is 2.29. The molecule has 0 saturated carbocycles. The van der Waals surface area contributed by atoms with Gasteiger partial charge in [0.1, 0.15) is 0 Å². The van der Waals surface area contributed by atoms with Crippen molar-refractivity contribution < 1.29 is 4.74 Å². The van der Waals surface area contributed by atoms with Crippen LogP contribution in [-0.4, -0.2) is 31.3 Å². The van der Waals surface area contributed by atoms with Gasteiger partial charge in [0.15, 0.2) is 0 Å². The molecule has 2 aliphatic rings. The zero-order valence-corrected chi connectivity index (χ0v) is 11.7. The van der Waals surface area contributed by atoms with Crippen LogP contribution < -0.4 is 10.6 Å². The van der Waals surface area contributed by atoms with Crippen molar-refractivity contribution in [3.8, 4) is 0 Å². The third-order valence-corrected chi connectivity index (χ3v) is 4.37. The summed E-state index contributed by atoms with van der Waals surface area (Å²) in [4.78, 5) is 2.47. The Hall–Kier alpha value is -1.06. The second-order valence-electron chi connectivity index (χ2n) is 5.90. The van der Waals surface area contributed by atoms with Crippen molar-refractivity contribution >= 4 is 5.69 Å². The number of ether oxygens (including phenoxy) is 1. The van der Waals surface area contributed by atoms with Crippen molar-refractivity contribution in [2.75, 3.05) is 18.0 Å². The molecule has 1 aromatic rings. The summed E-state index contributed by atoms with van der Waals surface area (Å²) in [5.41, 5.74) is 8.67. The van der Waals surface area contributed by atoms with E-state index in [2.05, 4.69) is 36.1 Å². The highest BCUT2D eigenvalue weighted by Gasteiger charge is 2.33. The maximum absolute atomic E-state index is 6.00. The van der Waals surface area contributed by atoms with E-state index in [0.29, 0.717) is 12.2 Å². The number of morpholine rings is 1. The third-order valence-electron chi connectivity index (χ3n) is 4.37. The molecule has 2 bridgehead atoms. The van der Waals surface area contributed by atoms with Crippen LogP contribution in [0.2, 0.25) is 0 Å². The number of hydrogen-bond acceptors (Lipinski definition) is 3. The summed E-state index contributed by atoms with van der Waals surface area (Å²) < 4.78 is 5.88. The zero-order valence-electron chi connectivity index (χ0n) is 11.7. The minimum atomic E-state index is 0.282. The average molecular weight is 260 g/mol. The second kappa shape index (κ2) is 5.51. The maximum atomic E-state index is 6.00. The summed E-state index contributed by atoms with van der Waals surface area (Å²) in [6.07, 6.45) is 5.37. The van der Waals surface area contributed by atoms with Crippen molar-refractivity contribution in [1.29, 1.82) is 0 Å². The minimum Gasteiger partial charge on any atom is -0.371 e. The normalized spacial score (nSPS) is 27.6. The molecule has 3 rings (SSSR count). The molecule has 3 unspecified atom stereocenters. The molecule has 2 saturated heterocycles. The highest BCUT2D eigenvalue weighted by molar-refractivity contribution is 5.48. The Morgan fingerprint density at radius 3 is 2.42 bits per heavy atom. The van der Waals surface area contributed by atoms with Gasteiger partial charge in [0, 0.05) is 24.8 Å². The van der Waals surface area contributed by atoms with Crippen LogP contribution in [0.5, 0.6) is 0 Å². The van der Waals surface area contributed by atoms with Crippen LogP contribution in [0, 0.1) is 0 Å². The molecule has 104 valence electrons. The van der Waals surface area contributed by atoms with Gasteiger partial charge >= 0.3 is 0 Å². The molecule has 0 spiro atoms. The molecule has 1 aromatic carbocycles. The topological polar surface area (TPSA) is 38.5 Å². The Balaban J connectivity index is 1.65. The smallest absolute Gasteiger partial charge is 0.0755 e. The predicted molar refractivity (Wildman–Crippen MR) is 78.5 cm³/mol. The van der Waals surface area contributed by atoms with Crippen molar-refractivity contribution in [3.05, 3.63) is 29.8 Å². The average Bonchev–Trinajstić information content (AvgIpc) is 2.78. The van der Waals surface area contributed by atoms with Crippen LogP contribution in [0.15, 0.2) is 24.3 Å². The Morgan fingerprint density at radius 1 is 1.21 bits per heavy atom. The number of rotatable bonds is 4. The van der Waals surface area contributed by atoms with E-state index < -0.39 is 0 Å². The Kier molecular flexibility index (Phi) is 3.76.